The lowest BCUT2D eigenvalue weighted by Gasteiger charge is -2.25. The number of carboxylic acids is 1. The van der Waals surface area contributed by atoms with Crippen LogP contribution in [0, 0.1) is 0 Å². The summed E-state index contributed by atoms with van der Waals surface area (Å²) in [5.74, 6) is -3.54. The number of benzene rings is 1. The highest BCUT2D eigenvalue weighted by Gasteiger charge is 2.30. The lowest BCUT2D eigenvalue weighted by atomic mass is 10.0. The number of aromatic nitrogens is 2. The largest absolute Gasteiger partial charge is 0.480 e. The number of thiol groups is 1. The summed E-state index contributed by atoms with van der Waals surface area (Å²) >= 11 is 3.95. The number of amides is 3. The number of nitrogens with two attached hydrogens (primary N) is 3. The Morgan fingerprint density at radius 2 is 1.62 bits per heavy atom. The molecule has 0 saturated carbocycles. The number of imidazole rings is 1. The molecule has 212 valence electrons. The van der Waals surface area contributed by atoms with Gasteiger partial charge in [-0.15, -0.1) is 0 Å². The van der Waals surface area contributed by atoms with E-state index in [1.165, 1.54) is 12.5 Å². The molecule has 4 atom stereocenters. The number of aromatic amines is 1. The van der Waals surface area contributed by atoms with Crippen LogP contribution in [0.15, 0.2) is 47.8 Å². The summed E-state index contributed by atoms with van der Waals surface area (Å²) in [6.45, 7) is 0.180. The Balaban J connectivity index is 2.17. The number of guanidine groups is 1. The smallest absolute Gasteiger partial charge is 0.327 e. The van der Waals surface area contributed by atoms with Crippen LogP contribution in [0.5, 0.6) is 0 Å². The van der Waals surface area contributed by atoms with E-state index in [1.807, 2.05) is 30.3 Å². The molecule has 0 aliphatic heterocycles. The van der Waals surface area contributed by atoms with Crippen LogP contribution < -0.4 is 33.2 Å². The van der Waals surface area contributed by atoms with Crippen molar-refractivity contribution in [3.8, 4) is 0 Å². The molecule has 11 N–H and O–H groups in total. The molecule has 0 bridgehead atoms. The van der Waals surface area contributed by atoms with Crippen molar-refractivity contribution in [2.45, 2.75) is 49.9 Å². The maximum Gasteiger partial charge on any atom is 0.327 e. The highest BCUT2D eigenvalue weighted by molar-refractivity contribution is 7.80. The number of carboxylic acid groups (broad SMARTS) is 1. The van der Waals surface area contributed by atoms with Gasteiger partial charge in [0.25, 0.3) is 0 Å². The van der Waals surface area contributed by atoms with E-state index in [9.17, 15) is 24.3 Å². The predicted octanol–water partition coefficient (Wildman–Crippen LogP) is -1.96. The quantitative estimate of drug-likeness (QED) is 0.0477. The van der Waals surface area contributed by atoms with Gasteiger partial charge >= 0.3 is 5.97 Å². The van der Waals surface area contributed by atoms with Gasteiger partial charge in [-0.3, -0.25) is 19.4 Å². The van der Waals surface area contributed by atoms with Crippen molar-refractivity contribution < 1.29 is 24.3 Å². The van der Waals surface area contributed by atoms with Gasteiger partial charge in [0.2, 0.25) is 17.7 Å². The van der Waals surface area contributed by atoms with Crippen molar-refractivity contribution >= 4 is 42.3 Å². The summed E-state index contributed by atoms with van der Waals surface area (Å²) in [5.41, 5.74) is 18.2. The van der Waals surface area contributed by atoms with Gasteiger partial charge in [0.05, 0.1) is 12.4 Å². The topological polar surface area (TPSA) is 244 Å². The van der Waals surface area contributed by atoms with E-state index in [2.05, 4.69) is 43.5 Å². The van der Waals surface area contributed by atoms with Crippen molar-refractivity contribution in [1.82, 2.24) is 25.9 Å². The molecule has 2 aromatic rings. The molecule has 1 aromatic heterocycles. The fraction of sp³-hybridized carbons (Fsp3) is 0.417. The number of carbonyl (C=O) groups is 4. The minimum Gasteiger partial charge on any atom is -0.480 e. The van der Waals surface area contributed by atoms with E-state index in [1.54, 1.807) is 0 Å². The summed E-state index contributed by atoms with van der Waals surface area (Å²) in [7, 11) is 0. The third-order valence-corrected chi connectivity index (χ3v) is 5.99. The van der Waals surface area contributed by atoms with Crippen LogP contribution in [0.2, 0.25) is 0 Å². The Hall–Kier alpha value is -4.11. The van der Waals surface area contributed by atoms with Gasteiger partial charge in [-0.25, -0.2) is 9.78 Å². The zero-order valence-corrected chi connectivity index (χ0v) is 22.1. The summed E-state index contributed by atoms with van der Waals surface area (Å²) in [4.78, 5) is 61.2. The maximum atomic E-state index is 13.4. The van der Waals surface area contributed by atoms with Crippen molar-refractivity contribution in [3.63, 3.8) is 0 Å². The fourth-order valence-corrected chi connectivity index (χ4v) is 3.81. The summed E-state index contributed by atoms with van der Waals surface area (Å²) in [6, 6.07) is 4.71. The third kappa shape index (κ3) is 11.0. The van der Waals surface area contributed by atoms with E-state index in [-0.39, 0.29) is 37.5 Å². The number of aliphatic imine (C=N–C) groups is 1. The molecule has 0 aliphatic carbocycles. The SMILES string of the molecule is NC(N)=NCCCC(NC(=O)C(Cc1cnc[nH]1)NC(=O)C(N)Cc1ccccc1)C(=O)NC(CS)C(=O)O. The van der Waals surface area contributed by atoms with Gasteiger partial charge in [-0.05, 0) is 24.8 Å². The molecule has 0 radical (unpaired) electrons. The minimum absolute atomic E-state index is 0.0341. The van der Waals surface area contributed by atoms with E-state index >= 15 is 0 Å². The number of hydrogen-bond acceptors (Lipinski definition) is 8. The highest BCUT2D eigenvalue weighted by atomic mass is 32.1. The van der Waals surface area contributed by atoms with Crippen LogP contribution in [0.3, 0.4) is 0 Å². The van der Waals surface area contributed by atoms with Crippen LogP contribution in [-0.2, 0) is 32.0 Å². The lowest BCUT2D eigenvalue weighted by molar-refractivity contribution is -0.141. The number of rotatable bonds is 16. The third-order valence-electron chi connectivity index (χ3n) is 5.62. The number of nitrogens with one attached hydrogen (secondary N) is 4. The average molecular weight is 562 g/mol. The summed E-state index contributed by atoms with van der Waals surface area (Å²) in [6.07, 6.45) is 3.60. The zero-order valence-electron chi connectivity index (χ0n) is 21.2. The van der Waals surface area contributed by atoms with Crippen LogP contribution in [0.1, 0.15) is 24.1 Å². The Labute approximate surface area is 231 Å². The Morgan fingerprint density at radius 1 is 0.974 bits per heavy atom. The first-order valence-corrected chi connectivity index (χ1v) is 12.8. The van der Waals surface area contributed by atoms with Gasteiger partial charge in [-0.1, -0.05) is 30.3 Å². The number of aliphatic carboxylic acids is 1. The Kier molecular flexibility index (Phi) is 12.8. The van der Waals surface area contributed by atoms with Crippen LogP contribution in [0.4, 0.5) is 0 Å². The van der Waals surface area contributed by atoms with E-state index in [0.717, 1.165) is 5.56 Å². The lowest BCUT2D eigenvalue weighted by Crippen LogP contribution is -2.58. The zero-order chi connectivity index (χ0) is 28.8. The molecule has 14 nitrogen and oxygen atoms in total. The molecule has 0 aliphatic rings. The second-order valence-electron chi connectivity index (χ2n) is 8.73. The molecule has 0 spiro atoms. The molecule has 0 saturated heterocycles. The average Bonchev–Trinajstić information content (AvgIpc) is 3.41. The van der Waals surface area contributed by atoms with Gasteiger partial charge in [0, 0.05) is 30.6 Å². The van der Waals surface area contributed by atoms with Crippen molar-refractivity contribution in [1.29, 1.82) is 0 Å². The molecule has 39 heavy (non-hydrogen) atoms. The second kappa shape index (κ2) is 16.0. The number of hydrogen-bond donors (Lipinski definition) is 9. The monoisotopic (exact) mass is 561 g/mol. The molecule has 4 unspecified atom stereocenters. The van der Waals surface area contributed by atoms with Gasteiger partial charge in [0.15, 0.2) is 5.96 Å². The first-order chi connectivity index (χ1) is 18.6. The highest BCUT2D eigenvalue weighted by Crippen LogP contribution is 2.06. The van der Waals surface area contributed by atoms with Crippen molar-refractivity contribution in [3.05, 3.63) is 54.1 Å². The van der Waals surface area contributed by atoms with E-state index in [0.29, 0.717) is 12.1 Å². The first-order valence-electron chi connectivity index (χ1n) is 12.2. The van der Waals surface area contributed by atoms with Crippen molar-refractivity contribution in [2.75, 3.05) is 12.3 Å². The molecular formula is C24H35N9O5S. The molecule has 2 rings (SSSR count). The van der Waals surface area contributed by atoms with Gasteiger partial charge in [0.1, 0.15) is 18.1 Å². The number of H-pyrrole nitrogens is 1. The standard InChI is InChI=1S/C24H35N9O5S/c25-16(9-14-5-2-1-3-6-14)20(34)32-18(10-15-11-28-13-30-15)22(36)31-17(7-4-8-29-24(26)27)21(35)33-19(12-39)23(37)38/h1-3,5-6,11,13,16-19,39H,4,7-10,12,25H2,(H,28,30)(H,31,36)(H,32,34)(H,33,35)(H,37,38)(H4,26,27,29). The van der Waals surface area contributed by atoms with Crippen LogP contribution in [0.25, 0.3) is 0 Å². The van der Waals surface area contributed by atoms with Crippen LogP contribution >= 0.6 is 12.6 Å². The van der Waals surface area contributed by atoms with Gasteiger partial charge < -0.3 is 43.2 Å². The van der Waals surface area contributed by atoms with Gasteiger partial charge in [-0.2, -0.15) is 12.6 Å². The molecule has 3 amide bonds. The molecule has 0 fully saturated rings. The van der Waals surface area contributed by atoms with Crippen molar-refractivity contribution in [2.24, 2.45) is 22.2 Å². The summed E-state index contributed by atoms with van der Waals surface area (Å²) < 4.78 is 0. The summed E-state index contributed by atoms with van der Waals surface area (Å²) in [5, 5.41) is 16.9. The fourth-order valence-electron chi connectivity index (χ4n) is 3.57. The first kappa shape index (κ1) is 31.1. The molecule has 1 heterocycles. The minimum atomic E-state index is -1.28. The van der Waals surface area contributed by atoms with E-state index < -0.39 is 47.9 Å². The molecule has 1 aromatic carbocycles. The predicted molar refractivity (Wildman–Crippen MR) is 148 cm³/mol. The normalized spacial score (nSPS) is 13.8. The molecular weight excluding hydrogens is 526 g/mol. The van der Waals surface area contributed by atoms with Crippen LogP contribution in [-0.4, -0.2) is 81.2 Å². The number of nitrogens with zero attached hydrogens (tertiary/aromatic N) is 2. The molecule has 15 heteroatoms. The van der Waals surface area contributed by atoms with E-state index in [4.69, 9.17) is 17.2 Å². The second-order valence-corrected chi connectivity index (χ2v) is 9.10. The maximum absolute atomic E-state index is 13.4. The Morgan fingerprint density at radius 3 is 2.21 bits per heavy atom. The Bertz CT molecular complexity index is 1110. The number of carbonyl (C=O) groups excluding carboxylic acids is 3.